The Balaban J connectivity index is 2.06. The average molecular weight is 234 g/mol. The van der Waals surface area contributed by atoms with Crippen molar-refractivity contribution in [1.29, 1.82) is 0 Å². The van der Waals surface area contributed by atoms with Crippen LogP contribution < -0.4 is 10.2 Å². The van der Waals surface area contributed by atoms with E-state index in [1.54, 1.807) is 0 Å². The lowest BCUT2D eigenvalue weighted by atomic mass is 10.1. The standard InChI is InChI=1S/C14H22N2O/c1-3-16(4-2)13-7-5-12(6-8-13)14-11-15-9-10-17-14/h5-8,14-15H,3-4,9-11H2,1-2H3. The minimum absolute atomic E-state index is 0.217. The molecule has 0 aliphatic carbocycles. The summed E-state index contributed by atoms with van der Waals surface area (Å²) in [4.78, 5) is 2.35. The van der Waals surface area contributed by atoms with Crippen LogP contribution in [0.2, 0.25) is 0 Å². The lowest BCUT2D eigenvalue weighted by molar-refractivity contribution is 0.0277. The molecule has 0 amide bonds. The first-order valence-corrected chi connectivity index (χ1v) is 6.52. The van der Waals surface area contributed by atoms with Crippen LogP contribution in [-0.2, 0) is 4.74 Å². The van der Waals surface area contributed by atoms with E-state index in [9.17, 15) is 0 Å². The van der Waals surface area contributed by atoms with E-state index in [2.05, 4.69) is 48.3 Å². The van der Waals surface area contributed by atoms with Crippen molar-refractivity contribution in [2.24, 2.45) is 0 Å². The van der Waals surface area contributed by atoms with Crippen LogP contribution in [-0.4, -0.2) is 32.8 Å². The smallest absolute Gasteiger partial charge is 0.0949 e. The number of anilines is 1. The van der Waals surface area contributed by atoms with Crippen molar-refractivity contribution >= 4 is 5.69 Å². The summed E-state index contributed by atoms with van der Waals surface area (Å²) < 4.78 is 5.74. The van der Waals surface area contributed by atoms with Gasteiger partial charge in [-0.3, -0.25) is 0 Å². The van der Waals surface area contributed by atoms with Crippen LogP contribution in [0.1, 0.15) is 25.5 Å². The molecule has 1 fully saturated rings. The maximum Gasteiger partial charge on any atom is 0.0949 e. The molecule has 1 aromatic carbocycles. The first-order chi connectivity index (χ1) is 8.35. The lowest BCUT2D eigenvalue weighted by Gasteiger charge is -2.25. The van der Waals surface area contributed by atoms with Crippen LogP contribution in [0.3, 0.4) is 0 Å². The zero-order chi connectivity index (χ0) is 12.1. The summed E-state index contributed by atoms with van der Waals surface area (Å²) in [6, 6.07) is 8.76. The molecule has 1 aromatic rings. The van der Waals surface area contributed by atoms with Crippen LogP contribution in [0.4, 0.5) is 5.69 Å². The Labute approximate surface area is 104 Å². The SMILES string of the molecule is CCN(CC)c1ccc(C2CNCCO2)cc1. The third-order valence-corrected chi connectivity index (χ3v) is 3.32. The Bertz CT molecular complexity index is 327. The molecule has 17 heavy (non-hydrogen) atoms. The van der Waals surface area contributed by atoms with E-state index in [-0.39, 0.29) is 6.10 Å². The molecule has 2 rings (SSSR count). The molecular formula is C14H22N2O. The van der Waals surface area contributed by atoms with E-state index in [1.165, 1.54) is 11.3 Å². The third-order valence-electron chi connectivity index (χ3n) is 3.32. The largest absolute Gasteiger partial charge is 0.372 e. The number of hydrogen-bond acceptors (Lipinski definition) is 3. The number of hydrogen-bond donors (Lipinski definition) is 1. The van der Waals surface area contributed by atoms with Crippen molar-refractivity contribution in [1.82, 2.24) is 5.32 Å². The summed E-state index contributed by atoms with van der Waals surface area (Å²) in [5.41, 5.74) is 2.57. The van der Waals surface area contributed by atoms with Gasteiger partial charge in [0, 0.05) is 31.9 Å². The fourth-order valence-corrected chi connectivity index (χ4v) is 2.27. The third kappa shape index (κ3) is 2.99. The number of benzene rings is 1. The predicted octanol–water partition coefficient (Wildman–Crippen LogP) is 2.19. The van der Waals surface area contributed by atoms with E-state index < -0.39 is 0 Å². The molecule has 1 aliphatic rings. The second-order valence-electron chi connectivity index (χ2n) is 4.33. The number of ether oxygens (including phenoxy) is 1. The summed E-state index contributed by atoms with van der Waals surface area (Å²) in [5.74, 6) is 0. The maximum absolute atomic E-state index is 5.74. The first kappa shape index (κ1) is 12.4. The maximum atomic E-state index is 5.74. The molecule has 3 nitrogen and oxygen atoms in total. The molecule has 1 unspecified atom stereocenters. The molecule has 1 atom stereocenters. The second-order valence-corrected chi connectivity index (χ2v) is 4.33. The summed E-state index contributed by atoms with van der Waals surface area (Å²) in [5, 5.41) is 3.36. The minimum Gasteiger partial charge on any atom is -0.372 e. The molecule has 1 heterocycles. The Kier molecular flexibility index (Phi) is 4.40. The monoisotopic (exact) mass is 234 g/mol. The highest BCUT2D eigenvalue weighted by Gasteiger charge is 2.15. The molecular weight excluding hydrogens is 212 g/mol. The van der Waals surface area contributed by atoms with E-state index >= 15 is 0 Å². The summed E-state index contributed by atoms with van der Waals surface area (Å²) in [6.45, 7) is 9.17. The van der Waals surface area contributed by atoms with Crippen molar-refractivity contribution < 1.29 is 4.74 Å². The van der Waals surface area contributed by atoms with Crippen LogP contribution in [0, 0.1) is 0 Å². The Hall–Kier alpha value is -1.06. The quantitative estimate of drug-likeness (QED) is 0.864. The molecule has 94 valence electrons. The first-order valence-electron chi connectivity index (χ1n) is 6.52. The number of nitrogens with zero attached hydrogens (tertiary/aromatic N) is 1. The summed E-state index contributed by atoms with van der Waals surface area (Å²) in [6.07, 6.45) is 0.217. The van der Waals surface area contributed by atoms with Crippen LogP contribution in [0.25, 0.3) is 0 Å². The Morgan fingerprint density at radius 1 is 1.24 bits per heavy atom. The highest BCUT2D eigenvalue weighted by atomic mass is 16.5. The Morgan fingerprint density at radius 2 is 1.94 bits per heavy atom. The van der Waals surface area contributed by atoms with Gasteiger partial charge in [0.1, 0.15) is 0 Å². The van der Waals surface area contributed by atoms with Gasteiger partial charge in [0.2, 0.25) is 0 Å². The zero-order valence-electron chi connectivity index (χ0n) is 10.8. The van der Waals surface area contributed by atoms with Gasteiger partial charge in [-0.15, -0.1) is 0 Å². The molecule has 0 bridgehead atoms. The highest BCUT2D eigenvalue weighted by molar-refractivity contribution is 5.47. The van der Waals surface area contributed by atoms with Crippen molar-refractivity contribution in [3.05, 3.63) is 29.8 Å². The van der Waals surface area contributed by atoms with Gasteiger partial charge in [0.25, 0.3) is 0 Å². The average Bonchev–Trinajstić information content (AvgIpc) is 2.42. The van der Waals surface area contributed by atoms with Gasteiger partial charge in [0.15, 0.2) is 0 Å². The van der Waals surface area contributed by atoms with Gasteiger partial charge in [-0.1, -0.05) is 12.1 Å². The van der Waals surface area contributed by atoms with Gasteiger partial charge in [-0.2, -0.15) is 0 Å². The predicted molar refractivity (Wildman–Crippen MR) is 71.6 cm³/mol. The number of rotatable bonds is 4. The van der Waals surface area contributed by atoms with Crippen molar-refractivity contribution in [3.63, 3.8) is 0 Å². The van der Waals surface area contributed by atoms with Gasteiger partial charge in [-0.25, -0.2) is 0 Å². The van der Waals surface area contributed by atoms with Crippen LogP contribution in [0.5, 0.6) is 0 Å². The number of nitrogens with one attached hydrogen (secondary N) is 1. The van der Waals surface area contributed by atoms with E-state index in [4.69, 9.17) is 4.74 Å². The summed E-state index contributed by atoms with van der Waals surface area (Å²) >= 11 is 0. The molecule has 1 N–H and O–H groups in total. The lowest BCUT2D eigenvalue weighted by Crippen LogP contribution is -2.33. The molecule has 1 aliphatic heterocycles. The topological polar surface area (TPSA) is 24.5 Å². The Morgan fingerprint density at radius 3 is 2.47 bits per heavy atom. The molecule has 0 aromatic heterocycles. The molecule has 0 radical (unpaired) electrons. The van der Waals surface area contributed by atoms with E-state index in [0.29, 0.717) is 0 Å². The van der Waals surface area contributed by atoms with Crippen molar-refractivity contribution in [2.75, 3.05) is 37.7 Å². The molecule has 0 saturated carbocycles. The molecule has 3 heteroatoms. The van der Waals surface area contributed by atoms with Crippen molar-refractivity contribution in [3.8, 4) is 0 Å². The van der Waals surface area contributed by atoms with Gasteiger partial charge >= 0.3 is 0 Å². The minimum atomic E-state index is 0.217. The van der Waals surface area contributed by atoms with E-state index in [0.717, 1.165) is 32.8 Å². The van der Waals surface area contributed by atoms with Crippen LogP contribution in [0.15, 0.2) is 24.3 Å². The fraction of sp³-hybridized carbons (Fsp3) is 0.571. The second kappa shape index (κ2) is 6.03. The van der Waals surface area contributed by atoms with Gasteiger partial charge in [0.05, 0.1) is 12.7 Å². The van der Waals surface area contributed by atoms with E-state index in [1.807, 2.05) is 0 Å². The van der Waals surface area contributed by atoms with Crippen LogP contribution >= 0.6 is 0 Å². The van der Waals surface area contributed by atoms with Gasteiger partial charge in [-0.05, 0) is 31.5 Å². The highest BCUT2D eigenvalue weighted by Crippen LogP contribution is 2.22. The van der Waals surface area contributed by atoms with Crippen molar-refractivity contribution in [2.45, 2.75) is 20.0 Å². The van der Waals surface area contributed by atoms with Gasteiger partial charge < -0.3 is 15.0 Å². The molecule has 0 spiro atoms. The number of morpholine rings is 1. The normalized spacial score (nSPS) is 20.2. The zero-order valence-corrected chi connectivity index (χ0v) is 10.8. The fourth-order valence-electron chi connectivity index (χ4n) is 2.27. The summed E-state index contributed by atoms with van der Waals surface area (Å²) in [7, 11) is 0. The molecule has 1 saturated heterocycles.